The van der Waals surface area contributed by atoms with Crippen LogP contribution < -0.4 is 5.32 Å². The lowest BCUT2D eigenvalue weighted by molar-refractivity contribution is -0.119. The van der Waals surface area contributed by atoms with Gasteiger partial charge < -0.3 is 14.6 Å². The van der Waals surface area contributed by atoms with E-state index in [4.69, 9.17) is 4.42 Å². The number of fused-ring (bicyclic) bond motifs is 1. The fourth-order valence-electron chi connectivity index (χ4n) is 3.84. The number of oxazole rings is 1. The number of carbonyl (C=O) groups is 2. The summed E-state index contributed by atoms with van der Waals surface area (Å²) < 4.78 is 5.93. The molecule has 3 aromatic rings. The number of piperidine rings is 1. The summed E-state index contributed by atoms with van der Waals surface area (Å²) in [7, 11) is 0. The zero-order valence-corrected chi connectivity index (χ0v) is 18.7. The maximum atomic E-state index is 13.2. The first-order valence-corrected chi connectivity index (χ1v) is 11.7. The van der Waals surface area contributed by atoms with Crippen molar-refractivity contribution in [2.24, 2.45) is 0 Å². The van der Waals surface area contributed by atoms with Gasteiger partial charge in [-0.05, 0) is 51.0 Å². The first-order chi connectivity index (χ1) is 15.0. The quantitative estimate of drug-likeness (QED) is 0.576. The topological polar surface area (TPSA) is 75.4 Å². The monoisotopic (exact) mass is 437 g/mol. The summed E-state index contributed by atoms with van der Waals surface area (Å²) in [5.74, 6) is 1.27. The molecular formula is C24H27N3O3S. The maximum absolute atomic E-state index is 13.2. The van der Waals surface area contributed by atoms with Gasteiger partial charge in [0, 0.05) is 29.9 Å². The van der Waals surface area contributed by atoms with Crippen LogP contribution in [0.25, 0.3) is 11.1 Å². The first-order valence-electron chi connectivity index (χ1n) is 10.7. The number of likely N-dealkylation sites (tertiary alicyclic amines) is 1. The molecule has 0 saturated carbocycles. The van der Waals surface area contributed by atoms with Crippen LogP contribution in [-0.2, 0) is 4.79 Å². The summed E-state index contributed by atoms with van der Waals surface area (Å²) in [5.41, 5.74) is 2.34. The van der Waals surface area contributed by atoms with E-state index >= 15 is 0 Å². The number of benzene rings is 2. The molecule has 7 heteroatoms. The van der Waals surface area contributed by atoms with Crippen LogP contribution in [0.15, 0.2) is 57.8 Å². The number of aromatic nitrogens is 1. The molecule has 0 spiro atoms. The van der Waals surface area contributed by atoms with Gasteiger partial charge in [0.15, 0.2) is 11.5 Å². The van der Waals surface area contributed by atoms with Gasteiger partial charge in [0.1, 0.15) is 5.52 Å². The van der Waals surface area contributed by atoms with Gasteiger partial charge in [-0.25, -0.2) is 4.98 Å². The van der Waals surface area contributed by atoms with Gasteiger partial charge in [-0.2, -0.15) is 0 Å². The van der Waals surface area contributed by atoms with Gasteiger partial charge in [0.25, 0.3) is 5.91 Å². The highest BCUT2D eigenvalue weighted by Crippen LogP contribution is 2.31. The lowest BCUT2D eigenvalue weighted by Crippen LogP contribution is -2.38. The Kier molecular flexibility index (Phi) is 6.61. The average molecular weight is 438 g/mol. The molecule has 0 aliphatic carbocycles. The SMILES string of the molecule is CC(C)NC(=O)CSc1ccccc1C(=O)N1CCC(c2nc3ccccc3o2)CC1. The highest BCUT2D eigenvalue weighted by molar-refractivity contribution is 8.00. The number of rotatable bonds is 6. The van der Waals surface area contributed by atoms with Crippen LogP contribution in [0.3, 0.4) is 0 Å². The molecule has 1 saturated heterocycles. The molecule has 1 fully saturated rings. The smallest absolute Gasteiger partial charge is 0.254 e. The van der Waals surface area contributed by atoms with Crippen molar-refractivity contribution < 1.29 is 14.0 Å². The number of para-hydroxylation sites is 2. The van der Waals surface area contributed by atoms with Crippen molar-refractivity contribution in [2.75, 3.05) is 18.8 Å². The molecule has 1 aliphatic heterocycles. The van der Waals surface area contributed by atoms with E-state index in [1.807, 2.05) is 67.3 Å². The minimum absolute atomic E-state index is 0.0170. The normalized spacial score (nSPS) is 14.9. The Bertz CT molecular complexity index is 1040. The number of amides is 2. The molecule has 0 radical (unpaired) electrons. The molecule has 2 aromatic carbocycles. The van der Waals surface area contributed by atoms with Gasteiger partial charge in [-0.3, -0.25) is 9.59 Å². The van der Waals surface area contributed by atoms with Gasteiger partial charge in [0.2, 0.25) is 5.91 Å². The van der Waals surface area contributed by atoms with Crippen molar-refractivity contribution in [3.05, 3.63) is 60.0 Å². The van der Waals surface area contributed by atoms with Gasteiger partial charge >= 0.3 is 0 Å². The van der Waals surface area contributed by atoms with Crippen LogP contribution in [0.5, 0.6) is 0 Å². The summed E-state index contributed by atoms with van der Waals surface area (Å²) in [5, 5.41) is 2.89. The molecule has 1 aromatic heterocycles. The molecule has 0 bridgehead atoms. The Morgan fingerprint density at radius 3 is 2.58 bits per heavy atom. The summed E-state index contributed by atoms with van der Waals surface area (Å²) in [6.07, 6.45) is 1.65. The molecule has 162 valence electrons. The average Bonchev–Trinajstić information content (AvgIpc) is 3.21. The fraction of sp³-hybridized carbons (Fsp3) is 0.375. The molecule has 1 N–H and O–H groups in total. The van der Waals surface area contributed by atoms with Gasteiger partial charge in [0.05, 0.1) is 11.3 Å². The number of nitrogens with one attached hydrogen (secondary N) is 1. The third-order valence-corrected chi connectivity index (χ3v) is 6.44. The van der Waals surface area contributed by atoms with Crippen molar-refractivity contribution in [1.29, 1.82) is 0 Å². The molecule has 31 heavy (non-hydrogen) atoms. The van der Waals surface area contributed by atoms with E-state index in [9.17, 15) is 9.59 Å². The Morgan fingerprint density at radius 2 is 1.84 bits per heavy atom. The molecule has 1 aliphatic rings. The van der Waals surface area contributed by atoms with Crippen LogP contribution in [0.2, 0.25) is 0 Å². The second-order valence-electron chi connectivity index (χ2n) is 8.09. The Hall–Kier alpha value is -2.80. The molecule has 6 nitrogen and oxygen atoms in total. The van der Waals surface area contributed by atoms with Crippen LogP contribution in [0.1, 0.15) is 48.9 Å². The number of carbonyl (C=O) groups excluding carboxylic acids is 2. The molecule has 4 rings (SSSR count). The number of hydrogen-bond acceptors (Lipinski definition) is 5. The minimum Gasteiger partial charge on any atom is -0.440 e. The van der Waals surface area contributed by atoms with Crippen LogP contribution in [0, 0.1) is 0 Å². The predicted octanol–water partition coefficient (Wildman–Crippen LogP) is 4.46. The summed E-state index contributed by atoms with van der Waals surface area (Å²) >= 11 is 1.40. The van der Waals surface area contributed by atoms with E-state index in [-0.39, 0.29) is 23.8 Å². The van der Waals surface area contributed by atoms with Crippen molar-refractivity contribution in [2.45, 2.75) is 43.5 Å². The van der Waals surface area contributed by atoms with Gasteiger partial charge in [-0.15, -0.1) is 11.8 Å². The van der Waals surface area contributed by atoms with E-state index < -0.39 is 0 Å². The Labute approximate surface area is 186 Å². The van der Waals surface area contributed by atoms with E-state index in [2.05, 4.69) is 10.3 Å². The molecule has 2 amide bonds. The van der Waals surface area contributed by atoms with Crippen molar-refractivity contribution in [1.82, 2.24) is 15.2 Å². The lowest BCUT2D eigenvalue weighted by atomic mass is 9.96. The standard InChI is InChI=1S/C24H27N3O3S/c1-16(2)25-22(28)15-31-21-10-6-3-7-18(21)24(29)27-13-11-17(12-14-27)23-26-19-8-4-5-9-20(19)30-23/h3-10,16-17H,11-15H2,1-2H3,(H,25,28). The molecule has 0 atom stereocenters. The number of nitrogens with zero attached hydrogens (tertiary/aromatic N) is 2. The summed E-state index contributed by atoms with van der Waals surface area (Å²) in [6.45, 7) is 5.19. The third-order valence-electron chi connectivity index (χ3n) is 5.37. The molecular weight excluding hydrogens is 410 g/mol. The second kappa shape index (κ2) is 9.56. The van der Waals surface area contributed by atoms with E-state index in [0.717, 1.165) is 34.7 Å². The minimum atomic E-state index is -0.0265. The van der Waals surface area contributed by atoms with Crippen molar-refractivity contribution >= 4 is 34.7 Å². The molecule has 0 unspecified atom stereocenters. The van der Waals surface area contributed by atoms with Gasteiger partial charge in [-0.1, -0.05) is 24.3 Å². The third kappa shape index (κ3) is 5.10. The zero-order valence-electron chi connectivity index (χ0n) is 17.8. The largest absolute Gasteiger partial charge is 0.440 e. The fourth-order valence-corrected chi connectivity index (χ4v) is 4.70. The summed E-state index contributed by atoms with van der Waals surface area (Å²) in [4.78, 5) is 32.6. The van der Waals surface area contributed by atoms with Crippen LogP contribution in [-0.4, -0.2) is 46.6 Å². The first kappa shape index (κ1) is 21.4. The lowest BCUT2D eigenvalue weighted by Gasteiger charge is -2.31. The van der Waals surface area contributed by atoms with Crippen molar-refractivity contribution in [3.63, 3.8) is 0 Å². The van der Waals surface area contributed by atoms with E-state index in [0.29, 0.717) is 24.4 Å². The number of hydrogen-bond donors (Lipinski definition) is 1. The highest BCUT2D eigenvalue weighted by atomic mass is 32.2. The highest BCUT2D eigenvalue weighted by Gasteiger charge is 2.28. The van der Waals surface area contributed by atoms with E-state index in [1.165, 1.54) is 11.8 Å². The van der Waals surface area contributed by atoms with Crippen LogP contribution >= 0.6 is 11.8 Å². The van der Waals surface area contributed by atoms with Crippen molar-refractivity contribution in [3.8, 4) is 0 Å². The van der Waals surface area contributed by atoms with E-state index in [1.54, 1.807) is 0 Å². The predicted molar refractivity (Wildman–Crippen MR) is 122 cm³/mol. The van der Waals surface area contributed by atoms with Crippen LogP contribution in [0.4, 0.5) is 0 Å². The Morgan fingerprint density at radius 1 is 1.13 bits per heavy atom. The Balaban J connectivity index is 1.39. The molecule has 2 heterocycles. The zero-order chi connectivity index (χ0) is 21.8. The summed E-state index contributed by atoms with van der Waals surface area (Å²) in [6, 6.07) is 15.4. The number of thioether (sulfide) groups is 1. The second-order valence-corrected chi connectivity index (χ2v) is 9.11. The maximum Gasteiger partial charge on any atom is 0.254 e.